The Morgan fingerprint density at radius 1 is 1.50 bits per heavy atom. The summed E-state index contributed by atoms with van der Waals surface area (Å²) >= 11 is 0. The molecule has 6 heteroatoms. The van der Waals surface area contributed by atoms with Crippen LogP contribution in [0.2, 0.25) is 0 Å². The number of hydrogen-bond donors (Lipinski definition) is 2. The maximum Gasteiger partial charge on any atom is 0.332 e. The molecule has 6 nitrogen and oxygen atoms in total. The molecule has 0 bridgehead atoms. The smallest absolute Gasteiger partial charge is 0.332 e. The molecule has 0 spiro atoms. The first-order valence-electron chi connectivity index (χ1n) is 5.38. The highest BCUT2D eigenvalue weighted by Gasteiger charge is 2.30. The van der Waals surface area contributed by atoms with E-state index >= 15 is 0 Å². The van der Waals surface area contributed by atoms with Crippen LogP contribution in [-0.2, 0) is 19.1 Å². The Morgan fingerprint density at radius 3 is 2.81 bits per heavy atom. The summed E-state index contributed by atoms with van der Waals surface area (Å²) in [7, 11) is 0. The standard InChI is InChI=1S/C10H17NO5/c1-2-15-9(12)6-11-5-7-3-4-8(16-7)10(13)14/h7-8,11H,2-6H2,1H3,(H,13,14). The Balaban J connectivity index is 2.11. The van der Waals surface area contributed by atoms with E-state index in [0.717, 1.165) is 0 Å². The average molecular weight is 231 g/mol. The molecule has 1 saturated heterocycles. The fourth-order valence-electron chi connectivity index (χ4n) is 1.58. The lowest BCUT2D eigenvalue weighted by Crippen LogP contribution is -2.33. The minimum absolute atomic E-state index is 0.129. The van der Waals surface area contributed by atoms with Crippen molar-refractivity contribution in [3.8, 4) is 0 Å². The van der Waals surface area contributed by atoms with Gasteiger partial charge in [0.05, 0.1) is 19.3 Å². The predicted molar refractivity (Wildman–Crippen MR) is 55.0 cm³/mol. The summed E-state index contributed by atoms with van der Waals surface area (Å²) in [4.78, 5) is 21.6. The molecule has 2 N–H and O–H groups in total. The second kappa shape index (κ2) is 6.44. The van der Waals surface area contributed by atoms with Crippen molar-refractivity contribution in [2.45, 2.75) is 32.0 Å². The zero-order valence-corrected chi connectivity index (χ0v) is 9.27. The van der Waals surface area contributed by atoms with Crippen molar-refractivity contribution in [2.75, 3.05) is 19.7 Å². The fraction of sp³-hybridized carbons (Fsp3) is 0.800. The van der Waals surface area contributed by atoms with Crippen molar-refractivity contribution in [1.29, 1.82) is 0 Å². The monoisotopic (exact) mass is 231 g/mol. The molecular weight excluding hydrogens is 214 g/mol. The maximum atomic E-state index is 11.0. The number of ether oxygens (including phenoxy) is 2. The molecular formula is C10H17NO5. The molecule has 16 heavy (non-hydrogen) atoms. The number of hydrogen-bond acceptors (Lipinski definition) is 5. The Hall–Kier alpha value is -1.14. The number of esters is 1. The van der Waals surface area contributed by atoms with Crippen molar-refractivity contribution in [3.05, 3.63) is 0 Å². The zero-order valence-electron chi connectivity index (χ0n) is 9.27. The van der Waals surface area contributed by atoms with Gasteiger partial charge in [-0.15, -0.1) is 0 Å². The highest BCUT2D eigenvalue weighted by molar-refractivity contribution is 5.72. The minimum Gasteiger partial charge on any atom is -0.479 e. The van der Waals surface area contributed by atoms with Gasteiger partial charge in [0, 0.05) is 6.54 Å². The molecule has 0 aromatic rings. The normalized spacial score (nSPS) is 24.3. The van der Waals surface area contributed by atoms with Crippen molar-refractivity contribution < 1.29 is 24.2 Å². The van der Waals surface area contributed by atoms with E-state index in [1.165, 1.54) is 0 Å². The molecule has 0 aliphatic carbocycles. The van der Waals surface area contributed by atoms with Gasteiger partial charge in [-0.25, -0.2) is 4.79 Å². The Bertz CT molecular complexity index is 256. The first-order chi connectivity index (χ1) is 7.63. The molecule has 0 aromatic carbocycles. The fourth-order valence-corrected chi connectivity index (χ4v) is 1.58. The SMILES string of the molecule is CCOC(=O)CNCC1CCC(C(=O)O)O1. The van der Waals surface area contributed by atoms with E-state index in [9.17, 15) is 9.59 Å². The zero-order chi connectivity index (χ0) is 12.0. The molecule has 1 rings (SSSR count). The summed E-state index contributed by atoms with van der Waals surface area (Å²) in [5, 5.41) is 11.6. The summed E-state index contributed by atoms with van der Waals surface area (Å²) in [6.45, 7) is 2.71. The van der Waals surface area contributed by atoms with Gasteiger partial charge in [-0.1, -0.05) is 0 Å². The number of carbonyl (C=O) groups is 2. The predicted octanol–water partition coefficient (Wildman–Crippen LogP) is -0.229. The summed E-state index contributed by atoms with van der Waals surface area (Å²) < 4.78 is 9.98. The van der Waals surface area contributed by atoms with Crippen molar-refractivity contribution >= 4 is 11.9 Å². The van der Waals surface area contributed by atoms with E-state index in [-0.39, 0.29) is 18.6 Å². The number of nitrogens with one attached hydrogen (secondary N) is 1. The first-order valence-corrected chi connectivity index (χ1v) is 5.38. The van der Waals surface area contributed by atoms with Gasteiger partial charge in [0.2, 0.25) is 0 Å². The summed E-state index contributed by atoms with van der Waals surface area (Å²) in [6.07, 6.45) is 0.401. The van der Waals surface area contributed by atoms with Crippen LogP contribution in [0.3, 0.4) is 0 Å². The number of carboxylic acids is 1. The van der Waals surface area contributed by atoms with Crippen LogP contribution in [0.4, 0.5) is 0 Å². The van der Waals surface area contributed by atoms with E-state index in [2.05, 4.69) is 5.32 Å². The van der Waals surface area contributed by atoms with Crippen LogP contribution in [0.15, 0.2) is 0 Å². The molecule has 0 aromatic heterocycles. The van der Waals surface area contributed by atoms with E-state index in [4.69, 9.17) is 14.6 Å². The van der Waals surface area contributed by atoms with Gasteiger partial charge in [-0.3, -0.25) is 4.79 Å². The third-order valence-corrected chi connectivity index (χ3v) is 2.33. The molecule has 1 aliphatic rings. The van der Waals surface area contributed by atoms with Gasteiger partial charge in [0.15, 0.2) is 6.10 Å². The number of aliphatic carboxylic acids is 1. The third kappa shape index (κ3) is 4.16. The van der Waals surface area contributed by atoms with Crippen LogP contribution in [0.1, 0.15) is 19.8 Å². The number of rotatable bonds is 6. The van der Waals surface area contributed by atoms with Crippen LogP contribution < -0.4 is 5.32 Å². The number of carboxylic acid groups (broad SMARTS) is 1. The first kappa shape index (κ1) is 12.9. The van der Waals surface area contributed by atoms with Gasteiger partial charge in [0.1, 0.15) is 0 Å². The molecule has 0 saturated carbocycles. The van der Waals surface area contributed by atoms with Crippen molar-refractivity contribution in [1.82, 2.24) is 5.32 Å². The maximum absolute atomic E-state index is 11.0. The third-order valence-electron chi connectivity index (χ3n) is 2.33. The Kier molecular flexibility index (Phi) is 5.21. The van der Waals surface area contributed by atoms with Gasteiger partial charge in [-0.2, -0.15) is 0 Å². The van der Waals surface area contributed by atoms with Gasteiger partial charge in [0.25, 0.3) is 0 Å². The molecule has 0 amide bonds. The van der Waals surface area contributed by atoms with E-state index in [1.54, 1.807) is 6.92 Å². The largest absolute Gasteiger partial charge is 0.479 e. The summed E-state index contributed by atoms with van der Waals surface area (Å²) in [5.74, 6) is -1.23. The molecule has 0 radical (unpaired) electrons. The highest BCUT2D eigenvalue weighted by atomic mass is 16.5. The second-order valence-corrected chi connectivity index (χ2v) is 3.60. The average Bonchev–Trinajstić information content (AvgIpc) is 2.67. The van der Waals surface area contributed by atoms with Crippen LogP contribution >= 0.6 is 0 Å². The molecule has 92 valence electrons. The van der Waals surface area contributed by atoms with E-state index in [0.29, 0.717) is 26.0 Å². The topological polar surface area (TPSA) is 84.9 Å². The molecule has 2 unspecified atom stereocenters. The Labute approximate surface area is 93.9 Å². The van der Waals surface area contributed by atoms with Gasteiger partial charge >= 0.3 is 11.9 Å². The van der Waals surface area contributed by atoms with E-state index < -0.39 is 12.1 Å². The molecule has 2 atom stereocenters. The van der Waals surface area contributed by atoms with Crippen LogP contribution in [0.25, 0.3) is 0 Å². The van der Waals surface area contributed by atoms with Gasteiger partial charge in [-0.05, 0) is 19.8 Å². The van der Waals surface area contributed by atoms with E-state index in [1.807, 2.05) is 0 Å². The minimum atomic E-state index is -0.923. The lowest BCUT2D eigenvalue weighted by Gasteiger charge is -2.11. The van der Waals surface area contributed by atoms with Crippen LogP contribution in [-0.4, -0.2) is 48.9 Å². The van der Waals surface area contributed by atoms with Crippen LogP contribution in [0, 0.1) is 0 Å². The van der Waals surface area contributed by atoms with Crippen LogP contribution in [0.5, 0.6) is 0 Å². The number of carbonyl (C=O) groups excluding carboxylic acids is 1. The lowest BCUT2D eigenvalue weighted by molar-refractivity contribution is -0.149. The van der Waals surface area contributed by atoms with Gasteiger partial charge < -0.3 is 19.9 Å². The highest BCUT2D eigenvalue weighted by Crippen LogP contribution is 2.18. The summed E-state index contributed by atoms with van der Waals surface area (Å²) in [6, 6.07) is 0. The second-order valence-electron chi connectivity index (χ2n) is 3.60. The Morgan fingerprint density at radius 2 is 2.25 bits per heavy atom. The lowest BCUT2D eigenvalue weighted by atomic mass is 10.2. The molecule has 1 aliphatic heterocycles. The summed E-state index contributed by atoms with van der Waals surface area (Å²) in [5.41, 5.74) is 0. The molecule has 1 heterocycles. The van der Waals surface area contributed by atoms with Crippen molar-refractivity contribution in [2.24, 2.45) is 0 Å². The quantitative estimate of drug-likeness (QED) is 0.614. The van der Waals surface area contributed by atoms with Crippen molar-refractivity contribution in [3.63, 3.8) is 0 Å². The molecule has 1 fully saturated rings.